The zero-order chi connectivity index (χ0) is 21.0. The highest BCUT2D eigenvalue weighted by molar-refractivity contribution is 7.89. The van der Waals surface area contributed by atoms with Crippen LogP contribution in [-0.2, 0) is 16.6 Å². The van der Waals surface area contributed by atoms with Gasteiger partial charge in [0.15, 0.2) is 0 Å². The van der Waals surface area contributed by atoms with Gasteiger partial charge in [-0.15, -0.1) is 0 Å². The van der Waals surface area contributed by atoms with Gasteiger partial charge in [-0.05, 0) is 36.2 Å². The molecule has 0 spiro atoms. The zero-order valence-electron chi connectivity index (χ0n) is 16.6. The van der Waals surface area contributed by atoms with Crippen molar-refractivity contribution in [3.05, 3.63) is 66.4 Å². The highest BCUT2D eigenvalue weighted by Gasteiger charge is 2.28. The van der Waals surface area contributed by atoms with E-state index in [9.17, 15) is 8.42 Å². The molecule has 2 heterocycles. The lowest BCUT2D eigenvalue weighted by molar-refractivity contribution is 0.201. The van der Waals surface area contributed by atoms with Crippen molar-refractivity contribution >= 4 is 20.9 Å². The fourth-order valence-electron chi connectivity index (χ4n) is 3.80. The van der Waals surface area contributed by atoms with Gasteiger partial charge in [0.25, 0.3) is 0 Å². The van der Waals surface area contributed by atoms with Crippen molar-refractivity contribution in [2.24, 2.45) is 0 Å². The van der Waals surface area contributed by atoms with Gasteiger partial charge in [-0.25, -0.2) is 13.1 Å². The Morgan fingerprint density at radius 1 is 1.17 bits per heavy atom. The number of nitrogens with zero attached hydrogens (tertiary/aromatic N) is 2. The first-order valence-electron chi connectivity index (χ1n) is 9.96. The number of benzene rings is 2. The number of rotatable bonds is 8. The van der Waals surface area contributed by atoms with E-state index in [4.69, 9.17) is 9.84 Å². The lowest BCUT2D eigenvalue weighted by Crippen LogP contribution is -2.37. The molecule has 1 aliphatic heterocycles. The Balaban J connectivity index is 1.41. The van der Waals surface area contributed by atoms with Crippen LogP contribution in [0, 0.1) is 0 Å². The molecule has 4 rings (SSSR count). The Hall–Kier alpha value is -2.52. The molecule has 0 amide bonds. The summed E-state index contributed by atoms with van der Waals surface area (Å²) >= 11 is 0. The minimum Gasteiger partial charge on any atom is -0.491 e. The molecule has 1 atom stereocenters. The maximum absolute atomic E-state index is 13.0. The van der Waals surface area contributed by atoms with Crippen LogP contribution in [0.4, 0.5) is 0 Å². The van der Waals surface area contributed by atoms with Crippen LogP contribution in [0.3, 0.4) is 0 Å². The number of para-hydroxylation sites is 1. The summed E-state index contributed by atoms with van der Waals surface area (Å²) in [5.74, 6) is 0.724. The highest BCUT2D eigenvalue weighted by Crippen LogP contribution is 2.23. The molecule has 30 heavy (non-hydrogen) atoms. The summed E-state index contributed by atoms with van der Waals surface area (Å²) in [7, 11) is -3.67. The quantitative estimate of drug-likeness (QED) is 0.572. The number of hydrogen-bond donors (Lipinski definition) is 2. The van der Waals surface area contributed by atoms with Crippen molar-refractivity contribution < 1.29 is 18.3 Å². The molecule has 1 saturated heterocycles. The summed E-state index contributed by atoms with van der Waals surface area (Å²) in [5, 5.41) is 9.70. The summed E-state index contributed by atoms with van der Waals surface area (Å²) in [6.45, 7) is 2.40. The third-order valence-electron chi connectivity index (χ3n) is 5.14. The average Bonchev–Trinajstić information content (AvgIpc) is 3.18. The van der Waals surface area contributed by atoms with Crippen LogP contribution in [0.25, 0.3) is 10.9 Å². The van der Waals surface area contributed by atoms with Crippen LogP contribution in [0.15, 0.2) is 65.7 Å². The topological polar surface area (TPSA) is 91.8 Å². The molecule has 0 saturated carbocycles. The number of hydrogen-bond acceptors (Lipinski definition) is 6. The van der Waals surface area contributed by atoms with Crippen molar-refractivity contribution in [1.29, 1.82) is 0 Å². The number of aliphatic hydroxyl groups excluding tert-OH is 1. The largest absolute Gasteiger partial charge is 0.491 e. The number of ether oxygens (including phenoxy) is 1. The predicted molar refractivity (Wildman–Crippen MR) is 115 cm³/mol. The second-order valence-electron chi connectivity index (χ2n) is 7.39. The zero-order valence-corrected chi connectivity index (χ0v) is 17.4. The standard InChI is InChI=1S/C22H25N3O4S/c26-12-13-29-20-7-1-4-17(14-20)15-25-11-9-19(16-25)24-30(27,28)21-8-2-5-18-6-3-10-23-22(18)21/h1-8,10,14,19,24,26H,9,11-13,15-16H2/t19-/m1/s1. The molecule has 0 unspecified atom stereocenters. The van der Waals surface area contributed by atoms with E-state index < -0.39 is 10.0 Å². The molecule has 3 aromatic rings. The molecule has 8 heteroatoms. The second-order valence-corrected chi connectivity index (χ2v) is 9.08. The summed E-state index contributed by atoms with van der Waals surface area (Å²) < 4.78 is 34.3. The Bertz CT molecular complexity index is 1110. The van der Waals surface area contributed by atoms with Gasteiger partial charge in [-0.3, -0.25) is 9.88 Å². The van der Waals surface area contributed by atoms with E-state index in [1.54, 1.807) is 24.4 Å². The van der Waals surface area contributed by atoms with Crippen molar-refractivity contribution in [1.82, 2.24) is 14.6 Å². The van der Waals surface area contributed by atoms with Crippen molar-refractivity contribution in [2.45, 2.75) is 23.9 Å². The van der Waals surface area contributed by atoms with Crippen molar-refractivity contribution in [3.63, 3.8) is 0 Å². The second kappa shape index (κ2) is 9.09. The Kier molecular flexibility index (Phi) is 6.29. The monoisotopic (exact) mass is 427 g/mol. The molecule has 1 aromatic heterocycles. The number of fused-ring (bicyclic) bond motifs is 1. The maximum Gasteiger partial charge on any atom is 0.243 e. The molecule has 1 aliphatic rings. The van der Waals surface area contributed by atoms with Crippen LogP contribution in [0.2, 0.25) is 0 Å². The minimum atomic E-state index is -3.67. The molecular weight excluding hydrogens is 402 g/mol. The minimum absolute atomic E-state index is 0.0234. The average molecular weight is 428 g/mol. The highest BCUT2D eigenvalue weighted by atomic mass is 32.2. The SMILES string of the molecule is O=S(=O)(N[C@@H]1CCN(Cc2cccc(OCCO)c2)C1)c1cccc2cccnc12. The molecule has 7 nitrogen and oxygen atoms in total. The van der Waals surface area contributed by atoms with E-state index in [0.717, 1.165) is 29.7 Å². The normalized spacial score (nSPS) is 17.4. The maximum atomic E-state index is 13.0. The molecular formula is C22H25N3O4S. The molecule has 1 fully saturated rings. The van der Waals surface area contributed by atoms with Gasteiger partial charge >= 0.3 is 0 Å². The fourth-order valence-corrected chi connectivity index (χ4v) is 5.24. The molecule has 2 aromatic carbocycles. The number of likely N-dealkylation sites (tertiary alicyclic amines) is 1. The van der Waals surface area contributed by atoms with E-state index in [0.29, 0.717) is 18.6 Å². The summed E-state index contributed by atoms with van der Waals surface area (Å²) in [4.78, 5) is 6.70. The van der Waals surface area contributed by atoms with E-state index in [-0.39, 0.29) is 24.2 Å². The third-order valence-corrected chi connectivity index (χ3v) is 6.70. The number of pyridine rings is 1. The molecule has 0 radical (unpaired) electrons. The van der Waals surface area contributed by atoms with Crippen LogP contribution >= 0.6 is 0 Å². The first kappa shape index (κ1) is 20.7. The Labute approximate surface area is 176 Å². The Morgan fingerprint density at radius 3 is 2.87 bits per heavy atom. The first-order valence-corrected chi connectivity index (χ1v) is 11.4. The number of aliphatic hydroxyl groups is 1. The van der Waals surface area contributed by atoms with Gasteiger partial charge in [0.05, 0.1) is 12.1 Å². The van der Waals surface area contributed by atoms with Gasteiger partial charge in [-0.2, -0.15) is 0 Å². The van der Waals surface area contributed by atoms with Gasteiger partial charge in [-0.1, -0.05) is 30.3 Å². The Morgan fingerprint density at radius 2 is 2.00 bits per heavy atom. The number of aromatic nitrogens is 1. The number of sulfonamides is 1. The van der Waals surface area contributed by atoms with Gasteiger partial charge < -0.3 is 9.84 Å². The third kappa shape index (κ3) is 4.79. The van der Waals surface area contributed by atoms with Gasteiger partial charge in [0, 0.05) is 37.3 Å². The van der Waals surface area contributed by atoms with E-state index in [1.807, 2.05) is 36.4 Å². The molecule has 0 aliphatic carbocycles. The predicted octanol–water partition coefficient (Wildman–Crippen LogP) is 2.16. The van der Waals surface area contributed by atoms with E-state index in [2.05, 4.69) is 14.6 Å². The summed E-state index contributed by atoms with van der Waals surface area (Å²) in [6, 6.07) is 16.5. The van der Waals surface area contributed by atoms with E-state index in [1.165, 1.54) is 0 Å². The van der Waals surface area contributed by atoms with Crippen LogP contribution < -0.4 is 9.46 Å². The van der Waals surface area contributed by atoms with Gasteiger partial charge in [0.1, 0.15) is 17.3 Å². The van der Waals surface area contributed by atoms with E-state index >= 15 is 0 Å². The summed E-state index contributed by atoms with van der Waals surface area (Å²) in [6.07, 6.45) is 2.36. The number of nitrogens with one attached hydrogen (secondary N) is 1. The van der Waals surface area contributed by atoms with Gasteiger partial charge in [0.2, 0.25) is 10.0 Å². The van der Waals surface area contributed by atoms with Crippen molar-refractivity contribution in [3.8, 4) is 5.75 Å². The lowest BCUT2D eigenvalue weighted by Gasteiger charge is -2.18. The fraction of sp³-hybridized carbons (Fsp3) is 0.318. The summed E-state index contributed by atoms with van der Waals surface area (Å²) in [5.41, 5.74) is 1.58. The molecule has 0 bridgehead atoms. The van der Waals surface area contributed by atoms with Crippen LogP contribution in [-0.4, -0.2) is 55.8 Å². The first-order chi connectivity index (χ1) is 14.5. The molecule has 2 N–H and O–H groups in total. The lowest BCUT2D eigenvalue weighted by atomic mass is 10.2. The molecule has 158 valence electrons. The van der Waals surface area contributed by atoms with Crippen molar-refractivity contribution in [2.75, 3.05) is 26.3 Å². The smallest absolute Gasteiger partial charge is 0.243 e. The van der Waals surface area contributed by atoms with Crippen LogP contribution in [0.5, 0.6) is 5.75 Å². The van der Waals surface area contributed by atoms with Crippen LogP contribution in [0.1, 0.15) is 12.0 Å².